The largest absolute Gasteiger partial charge is 0.340 e. The SMILES string of the molecule is C1=NCc2ccc(Nc3ccnc(N4CCCC(CCc5ccccc5)C4)n3)cc21. The van der Waals surface area contributed by atoms with Gasteiger partial charge in [0, 0.05) is 31.2 Å². The van der Waals surface area contributed by atoms with E-state index in [2.05, 4.69) is 68.7 Å². The van der Waals surface area contributed by atoms with Crippen LogP contribution >= 0.6 is 0 Å². The third-order valence-electron chi connectivity index (χ3n) is 6.04. The highest BCUT2D eigenvalue weighted by Crippen LogP contribution is 2.26. The summed E-state index contributed by atoms with van der Waals surface area (Å²) in [5.74, 6) is 2.35. The Hall–Kier alpha value is -3.21. The van der Waals surface area contributed by atoms with Gasteiger partial charge in [-0.05, 0) is 66.5 Å². The first-order valence-corrected chi connectivity index (χ1v) is 10.9. The van der Waals surface area contributed by atoms with E-state index < -0.39 is 0 Å². The highest BCUT2D eigenvalue weighted by atomic mass is 15.3. The maximum absolute atomic E-state index is 4.81. The van der Waals surface area contributed by atoms with E-state index in [-0.39, 0.29) is 0 Å². The predicted molar refractivity (Wildman–Crippen MR) is 123 cm³/mol. The molecular weight excluding hydrogens is 370 g/mol. The quantitative estimate of drug-likeness (QED) is 0.636. The molecule has 0 amide bonds. The molecule has 5 rings (SSSR count). The molecule has 2 aromatic carbocycles. The molecule has 0 aliphatic carbocycles. The third-order valence-corrected chi connectivity index (χ3v) is 6.04. The summed E-state index contributed by atoms with van der Waals surface area (Å²) < 4.78 is 0. The van der Waals surface area contributed by atoms with Gasteiger partial charge in [-0.15, -0.1) is 0 Å². The smallest absolute Gasteiger partial charge is 0.227 e. The van der Waals surface area contributed by atoms with E-state index in [0.29, 0.717) is 5.92 Å². The van der Waals surface area contributed by atoms with Gasteiger partial charge in [0.25, 0.3) is 0 Å². The average Bonchev–Trinajstić information content (AvgIpc) is 3.27. The molecule has 3 aromatic rings. The lowest BCUT2D eigenvalue weighted by Gasteiger charge is -2.33. The fourth-order valence-electron chi connectivity index (χ4n) is 4.40. The van der Waals surface area contributed by atoms with Crippen LogP contribution in [0.25, 0.3) is 0 Å². The zero-order valence-corrected chi connectivity index (χ0v) is 17.2. The number of piperidine rings is 1. The van der Waals surface area contributed by atoms with Crippen molar-refractivity contribution in [2.24, 2.45) is 10.9 Å². The molecule has 0 radical (unpaired) electrons. The molecule has 0 saturated carbocycles. The molecule has 1 atom stereocenters. The highest BCUT2D eigenvalue weighted by Gasteiger charge is 2.22. The summed E-state index contributed by atoms with van der Waals surface area (Å²) in [5.41, 5.74) is 4.92. The Labute approximate surface area is 177 Å². The molecule has 0 spiro atoms. The number of aromatic nitrogens is 2. The van der Waals surface area contributed by atoms with Gasteiger partial charge in [-0.25, -0.2) is 4.98 Å². The highest BCUT2D eigenvalue weighted by molar-refractivity contribution is 5.86. The number of aliphatic imine (C=N–C) groups is 1. The van der Waals surface area contributed by atoms with Crippen LogP contribution in [0, 0.1) is 5.92 Å². The Balaban J connectivity index is 1.23. The molecule has 2 aliphatic heterocycles. The molecule has 0 bridgehead atoms. The van der Waals surface area contributed by atoms with E-state index >= 15 is 0 Å². The summed E-state index contributed by atoms with van der Waals surface area (Å²) in [5, 5.41) is 3.43. The second kappa shape index (κ2) is 8.66. The Bertz CT molecular complexity index is 1030. The van der Waals surface area contributed by atoms with Crippen molar-refractivity contribution in [3.05, 3.63) is 77.5 Å². The van der Waals surface area contributed by atoms with Crippen molar-refractivity contribution < 1.29 is 0 Å². The molecule has 1 aromatic heterocycles. The topological polar surface area (TPSA) is 53.4 Å². The second-order valence-corrected chi connectivity index (χ2v) is 8.23. The van der Waals surface area contributed by atoms with Gasteiger partial charge in [-0.1, -0.05) is 36.4 Å². The van der Waals surface area contributed by atoms with Crippen LogP contribution in [0.2, 0.25) is 0 Å². The van der Waals surface area contributed by atoms with Crippen LogP contribution in [0.4, 0.5) is 17.5 Å². The van der Waals surface area contributed by atoms with E-state index in [1.165, 1.54) is 36.0 Å². The van der Waals surface area contributed by atoms with Crippen molar-refractivity contribution in [2.45, 2.75) is 32.2 Å². The van der Waals surface area contributed by atoms with Crippen LogP contribution in [-0.4, -0.2) is 29.3 Å². The number of nitrogens with one attached hydrogen (secondary N) is 1. The average molecular weight is 398 g/mol. The van der Waals surface area contributed by atoms with Crippen molar-refractivity contribution in [2.75, 3.05) is 23.3 Å². The van der Waals surface area contributed by atoms with E-state index in [0.717, 1.165) is 43.5 Å². The summed E-state index contributed by atoms with van der Waals surface area (Å²) in [6, 6.07) is 19.1. The second-order valence-electron chi connectivity index (χ2n) is 8.23. The van der Waals surface area contributed by atoms with Crippen LogP contribution in [0.1, 0.15) is 36.0 Å². The van der Waals surface area contributed by atoms with Gasteiger partial charge in [-0.2, -0.15) is 4.98 Å². The monoisotopic (exact) mass is 397 g/mol. The van der Waals surface area contributed by atoms with Gasteiger partial charge >= 0.3 is 0 Å². The van der Waals surface area contributed by atoms with E-state index in [9.17, 15) is 0 Å². The molecule has 1 unspecified atom stereocenters. The van der Waals surface area contributed by atoms with Crippen molar-refractivity contribution in [1.82, 2.24) is 9.97 Å². The molecule has 1 N–H and O–H groups in total. The lowest BCUT2D eigenvalue weighted by Crippen LogP contribution is -2.36. The molecule has 1 fully saturated rings. The maximum atomic E-state index is 4.81. The zero-order chi connectivity index (χ0) is 20.2. The van der Waals surface area contributed by atoms with E-state index in [1.807, 2.05) is 18.5 Å². The first-order valence-electron chi connectivity index (χ1n) is 10.9. The minimum Gasteiger partial charge on any atom is -0.340 e. The zero-order valence-electron chi connectivity index (χ0n) is 17.2. The van der Waals surface area contributed by atoms with Gasteiger partial charge in [0.1, 0.15) is 5.82 Å². The first-order chi connectivity index (χ1) is 14.8. The summed E-state index contributed by atoms with van der Waals surface area (Å²) in [6.45, 7) is 2.85. The lowest BCUT2D eigenvalue weighted by atomic mass is 9.92. The van der Waals surface area contributed by atoms with Gasteiger partial charge in [0.2, 0.25) is 5.95 Å². The molecule has 2 aliphatic rings. The van der Waals surface area contributed by atoms with Crippen molar-refractivity contribution >= 4 is 23.7 Å². The minimum absolute atomic E-state index is 0.690. The summed E-state index contributed by atoms with van der Waals surface area (Å²) in [6.07, 6.45) is 8.64. The van der Waals surface area contributed by atoms with Gasteiger partial charge in [0.05, 0.1) is 6.54 Å². The maximum Gasteiger partial charge on any atom is 0.227 e. The fourth-order valence-corrected chi connectivity index (χ4v) is 4.40. The number of rotatable bonds is 6. The minimum atomic E-state index is 0.690. The Morgan fingerprint density at radius 3 is 2.93 bits per heavy atom. The third kappa shape index (κ3) is 4.35. The van der Waals surface area contributed by atoms with Gasteiger partial charge < -0.3 is 10.2 Å². The number of hydrogen-bond donors (Lipinski definition) is 1. The summed E-state index contributed by atoms with van der Waals surface area (Å²) in [7, 11) is 0. The molecule has 152 valence electrons. The first kappa shape index (κ1) is 18.8. The Kier molecular flexibility index (Phi) is 5.42. The molecule has 3 heterocycles. The van der Waals surface area contributed by atoms with Gasteiger partial charge in [0.15, 0.2) is 0 Å². The standard InChI is InChI=1S/C25H27N5/c1-2-5-19(6-3-1)8-9-20-7-4-14-30(18-20)25-27-13-12-24(29-25)28-23-11-10-21-16-26-17-22(21)15-23/h1-3,5-6,10-13,15,17,20H,4,7-9,14,16,18H2,(H,27,28,29). The summed E-state index contributed by atoms with van der Waals surface area (Å²) >= 11 is 0. The molecular formula is C25H27N5. The summed E-state index contributed by atoms with van der Waals surface area (Å²) in [4.78, 5) is 16.1. The molecule has 5 nitrogen and oxygen atoms in total. The number of benzene rings is 2. The molecule has 1 saturated heterocycles. The number of hydrogen-bond acceptors (Lipinski definition) is 5. The molecule has 30 heavy (non-hydrogen) atoms. The van der Waals surface area contributed by atoms with Crippen LogP contribution in [0.15, 0.2) is 65.8 Å². The molecule has 5 heteroatoms. The van der Waals surface area contributed by atoms with Gasteiger partial charge in [-0.3, -0.25) is 4.99 Å². The Morgan fingerprint density at radius 1 is 1.07 bits per heavy atom. The fraction of sp³-hybridized carbons (Fsp3) is 0.320. The van der Waals surface area contributed by atoms with Crippen LogP contribution < -0.4 is 10.2 Å². The van der Waals surface area contributed by atoms with E-state index in [1.54, 1.807) is 0 Å². The number of nitrogens with zero attached hydrogens (tertiary/aromatic N) is 4. The van der Waals surface area contributed by atoms with Crippen LogP contribution in [-0.2, 0) is 13.0 Å². The number of fused-ring (bicyclic) bond motifs is 1. The van der Waals surface area contributed by atoms with Crippen LogP contribution in [0.3, 0.4) is 0 Å². The van der Waals surface area contributed by atoms with E-state index in [4.69, 9.17) is 4.98 Å². The number of aryl methyl sites for hydroxylation is 1. The Morgan fingerprint density at radius 2 is 2.00 bits per heavy atom. The lowest BCUT2D eigenvalue weighted by molar-refractivity contribution is 0.388. The van der Waals surface area contributed by atoms with Crippen molar-refractivity contribution in [3.63, 3.8) is 0 Å². The van der Waals surface area contributed by atoms with Crippen molar-refractivity contribution in [1.29, 1.82) is 0 Å². The predicted octanol–water partition coefficient (Wildman–Crippen LogP) is 5.00. The normalized spacial score (nSPS) is 17.7. The van der Waals surface area contributed by atoms with Crippen LogP contribution in [0.5, 0.6) is 0 Å². The van der Waals surface area contributed by atoms with Crippen molar-refractivity contribution in [3.8, 4) is 0 Å². The number of anilines is 3.